The van der Waals surface area contributed by atoms with Crippen LogP contribution in [0.4, 0.5) is 0 Å². The van der Waals surface area contributed by atoms with Crippen LogP contribution in [0.2, 0.25) is 0 Å². The van der Waals surface area contributed by atoms with Gasteiger partial charge in [-0.05, 0) is 27.1 Å². The van der Waals surface area contributed by atoms with Crippen molar-refractivity contribution in [3.63, 3.8) is 0 Å². The first-order valence-corrected chi connectivity index (χ1v) is 4.00. The third-order valence-electron chi connectivity index (χ3n) is 0.929. The van der Waals surface area contributed by atoms with Crippen LogP contribution in [-0.4, -0.2) is 40.9 Å². The molecule has 0 saturated carbocycles. The molecule has 0 bridgehead atoms. The molecule has 0 aromatic rings. The number of rotatable bonds is 5. The van der Waals surface area contributed by atoms with Crippen molar-refractivity contribution in [2.75, 3.05) is 27.2 Å². The molecule has 0 spiro atoms. The zero-order valence-electron chi connectivity index (χ0n) is 6.20. The lowest BCUT2D eigenvalue weighted by Crippen LogP contribution is -2.15. The van der Waals surface area contributed by atoms with Gasteiger partial charge in [0.25, 0.3) is 0 Å². The molecule has 0 aromatic heterocycles. The molecule has 0 heterocycles. The maximum atomic E-state index is 9.81. The largest absolute Gasteiger partial charge is 0.750 e. The zero-order chi connectivity index (χ0) is 7.98. The molecule has 4 nitrogen and oxygen atoms in total. The molecule has 0 amide bonds. The van der Waals surface area contributed by atoms with E-state index in [1.807, 2.05) is 19.0 Å². The highest BCUT2D eigenvalue weighted by atomic mass is 32.2. The van der Waals surface area contributed by atoms with Crippen molar-refractivity contribution in [2.24, 2.45) is 0 Å². The van der Waals surface area contributed by atoms with Gasteiger partial charge >= 0.3 is 0 Å². The van der Waals surface area contributed by atoms with E-state index in [-0.39, 0.29) is 6.61 Å². The predicted octanol–water partition coefficient (Wildman–Crippen LogP) is -0.251. The lowest BCUT2D eigenvalue weighted by atomic mass is 10.4. The van der Waals surface area contributed by atoms with Gasteiger partial charge in [0.2, 0.25) is 0 Å². The van der Waals surface area contributed by atoms with Gasteiger partial charge in [-0.25, -0.2) is 4.21 Å². The Morgan fingerprint density at radius 2 is 2.20 bits per heavy atom. The lowest BCUT2D eigenvalue weighted by molar-refractivity contribution is 0.273. The van der Waals surface area contributed by atoms with Crippen LogP contribution in [0.25, 0.3) is 0 Å². The van der Waals surface area contributed by atoms with E-state index < -0.39 is 11.4 Å². The maximum Gasteiger partial charge on any atom is 0.0842 e. The topological polar surface area (TPSA) is 52.6 Å². The van der Waals surface area contributed by atoms with Crippen molar-refractivity contribution in [2.45, 2.75) is 6.42 Å². The van der Waals surface area contributed by atoms with Gasteiger partial charge in [0, 0.05) is 0 Å². The third-order valence-corrected chi connectivity index (χ3v) is 1.29. The molecule has 1 unspecified atom stereocenters. The molecule has 62 valence electrons. The van der Waals surface area contributed by atoms with Crippen LogP contribution in [0.1, 0.15) is 6.42 Å². The van der Waals surface area contributed by atoms with E-state index in [2.05, 4.69) is 4.18 Å². The van der Waals surface area contributed by atoms with Crippen molar-refractivity contribution in [1.82, 2.24) is 4.90 Å². The van der Waals surface area contributed by atoms with Gasteiger partial charge in [0.1, 0.15) is 0 Å². The van der Waals surface area contributed by atoms with Gasteiger partial charge < -0.3 is 13.6 Å². The van der Waals surface area contributed by atoms with Gasteiger partial charge in [0.15, 0.2) is 0 Å². The first-order chi connectivity index (χ1) is 4.63. The van der Waals surface area contributed by atoms with Gasteiger partial charge in [0.05, 0.1) is 18.0 Å². The van der Waals surface area contributed by atoms with Crippen LogP contribution in [0.5, 0.6) is 0 Å². The van der Waals surface area contributed by atoms with Crippen LogP contribution >= 0.6 is 0 Å². The highest BCUT2D eigenvalue weighted by Gasteiger charge is 1.89. The predicted molar refractivity (Wildman–Crippen MR) is 38.0 cm³/mol. The quantitative estimate of drug-likeness (QED) is 0.417. The van der Waals surface area contributed by atoms with Crippen molar-refractivity contribution >= 4 is 11.4 Å². The molecule has 0 saturated heterocycles. The summed E-state index contributed by atoms with van der Waals surface area (Å²) in [5.41, 5.74) is 0. The number of nitrogens with zero attached hydrogens (tertiary/aromatic N) is 1. The highest BCUT2D eigenvalue weighted by molar-refractivity contribution is 7.74. The first kappa shape index (κ1) is 10.0. The van der Waals surface area contributed by atoms with E-state index in [0.717, 1.165) is 13.0 Å². The number of hydrogen-bond donors (Lipinski definition) is 0. The Balaban J connectivity index is 2.98. The summed E-state index contributed by atoms with van der Waals surface area (Å²) in [5.74, 6) is 0. The Kier molecular flexibility index (Phi) is 5.81. The number of hydrogen-bond acceptors (Lipinski definition) is 4. The van der Waals surface area contributed by atoms with E-state index in [4.69, 9.17) is 0 Å². The van der Waals surface area contributed by atoms with Crippen molar-refractivity contribution in [3.05, 3.63) is 0 Å². The Bertz CT molecular complexity index is 107. The molecular weight excluding hydrogens is 154 g/mol. The van der Waals surface area contributed by atoms with Crippen molar-refractivity contribution < 1.29 is 12.9 Å². The summed E-state index contributed by atoms with van der Waals surface area (Å²) in [5, 5.41) is 0. The second kappa shape index (κ2) is 5.79. The fourth-order valence-corrected chi connectivity index (χ4v) is 0.762. The summed E-state index contributed by atoms with van der Waals surface area (Å²) in [4.78, 5) is 1.97. The maximum absolute atomic E-state index is 9.81. The fourth-order valence-electron chi connectivity index (χ4n) is 0.508. The third kappa shape index (κ3) is 8.03. The molecule has 0 fully saturated rings. The summed E-state index contributed by atoms with van der Waals surface area (Å²) >= 11 is -2.35. The molecule has 0 aliphatic heterocycles. The Morgan fingerprint density at radius 1 is 1.60 bits per heavy atom. The smallest absolute Gasteiger partial charge is 0.0842 e. The van der Waals surface area contributed by atoms with Gasteiger partial charge in [-0.15, -0.1) is 0 Å². The van der Waals surface area contributed by atoms with E-state index in [0.29, 0.717) is 0 Å². The van der Waals surface area contributed by atoms with Crippen LogP contribution in [-0.2, 0) is 15.5 Å². The summed E-state index contributed by atoms with van der Waals surface area (Å²) in [6.07, 6.45) is 0.737. The highest BCUT2D eigenvalue weighted by Crippen LogP contribution is 1.86. The SMILES string of the molecule is CN(C)CCCOS(=O)[O-]. The summed E-state index contributed by atoms with van der Waals surface area (Å²) in [6.45, 7) is 1.12. The minimum Gasteiger partial charge on any atom is -0.750 e. The van der Waals surface area contributed by atoms with Gasteiger partial charge in [-0.3, -0.25) is 0 Å². The van der Waals surface area contributed by atoms with E-state index >= 15 is 0 Å². The Labute approximate surface area is 63.7 Å². The van der Waals surface area contributed by atoms with E-state index in [1.54, 1.807) is 0 Å². The lowest BCUT2D eigenvalue weighted by Gasteiger charge is -2.09. The van der Waals surface area contributed by atoms with Crippen LogP contribution < -0.4 is 0 Å². The molecule has 0 aromatic carbocycles. The average molecular weight is 166 g/mol. The molecule has 1 atom stereocenters. The monoisotopic (exact) mass is 166 g/mol. The molecule has 0 N–H and O–H groups in total. The van der Waals surface area contributed by atoms with Crippen LogP contribution in [0, 0.1) is 0 Å². The molecule has 5 heteroatoms. The standard InChI is InChI=1S/C5H13NO3S/c1-6(2)4-3-5-9-10(7)8/h3-5H2,1-2H3,(H,7,8)/p-1. The first-order valence-electron chi connectivity index (χ1n) is 3.00. The van der Waals surface area contributed by atoms with Crippen LogP contribution in [0.15, 0.2) is 0 Å². The Hall–Kier alpha value is 0.0300. The van der Waals surface area contributed by atoms with Crippen LogP contribution in [0.3, 0.4) is 0 Å². The van der Waals surface area contributed by atoms with E-state index in [1.165, 1.54) is 0 Å². The summed E-state index contributed by atoms with van der Waals surface area (Å²) in [6, 6.07) is 0. The summed E-state index contributed by atoms with van der Waals surface area (Å²) < 4.78 is 23.9. The molecule has 0 aliphatic carbocycles. The Morgan fingerprint density at radius 3 is 2.60 bits per heavy atom. The second-order valence-corrected chi connectivity index (χ2v) is 2.83. The zero-order valence-corrected chi connectivity index (χ0v) is 7.02. The fraction of sp³-hybridized carbons (Fsp3) is 1.00. The molecule has 0 aliphatic rings. The second-order valence-electron chi connectivity index (χ2n) is 2.18. The minimum absolute atomic E-state index is 0.272. The normalized spacial score (nSPS) is 14.0. The summed E-state index contributed by atoms with van der Waals surface area (Å²) in [7, 11) is 3.85. The van der Waals surface area contributed by atoms with Crippen molar-refractivity contribution in [1.29, 1.82) is 0 Å². The van der Waals surface area contributed by atoms with Gasteiger partial charge in [-0.1, -0.05) is 0 Å². The average Bonchev–Trinajstić information content (AvgIpc) is 1.79. The molecule has 0 radical (unpaired) electrons. The molecule has 10 heavy (non-hydrogen) atoms. The molecule has 0 rings (SSSR count). The van der Waals surface area contributed by atoms with Gasteiger partial charge in [-0.2, -0.15) is 0 Å². The minimum atomic E-state index is -2.35. The molecular formula is C5H12NO3S-. The van der Waals surface area contributed by atoms with E-state index in [9.17, 15) is 8.76 Å². The van der Waals surface area contributed by atoms with Crippen molar-refractivity contribution in [3.8, 4) is 0 Å².